The molecule has 1 saturated heterocycles. The molecule has 0 aromatic heterocycles. The molecule has 0 unspecified atom stereocenters. The van der Waals surface area contributed by atoms with Crippen LogP contribution in [0.2, 0.25) is 0 Å². The largest absolute Gasteiger partial charge is 0.382 e. The molecule has 1 aliphatic heterocycles. The Kier molecular flexibility index (Phi) is 13.6. The maximum absolute atomic E-state index is 14.2. The minimum absolute atomic E-state index is 0.0371. The number of hydrogen-bond donors (Lipinski definition) is 5. The van der Waals surface area contributed by atoms with Crippen LogP contribution in [0.15, 0.2) is 0 Å². The summed E-state index contributed by atoms with van der Waals surface area (Å²) in [6, 6.07) is -4.98. The first-order valence-electron chi connectivity index (χ1n) is 16.2. The van der Waals surface area contributed by atoms with Crippen molar-refractivity contribution in [3.63, 3.8) is 0 Å². The summed E-state index contributed by atoms with van der Waals surface area (Å²) in [5.41, 5.74) is -1.67. The molecular formula is C31H56F2N6O7S. The van der Waals surface area contributed by atoms with Gasteiger partial charge in [-0.25, -0.2) is 26.7 Å². The van der Waals surface area contributed by atoms with Crippen molar-refractivity contribution in [1.82, 2.24) is 30.9 Å². The standard InChI is InChI=1S/C31H56F2N6O7S/c1-11-46-14-12-13-34-25(40)19(15-21(32)33)36-26(41)23-22-18(31(22,8)9)17-39(23)27(42)24(30(5,6)7)38-28(43)37-20(29(2,3)4)16-35-47(10,44)45/h18-24,35H,11-17H2,1-10H3,(H,34,40)(H,36,41)(H2,37,38,43)/t18-,19-,20+,22-,23-,24+/m0/s1. The Morgan fingerprint density at radius 2 is 1.62 bits per heavy atom. The van der Waals surface area contributed by atoms with E-state index in [4.69, 9.17) is 4.74 Å². The number of fused-ring (bicyclic) bond motifs is 1. The lowest BCUT2D eigenvalue weighted by Gasteiger charge is -2.38. The third kappa shape index (κ3) is 11.5. The molecule has 5 amide bonds. The van der Waals surface area contributed by atoms with Gasteiger partial charge in [-0.15, -0.1) is 0 Å². The highest BCUT2D eigenvalue weighted by Gasteiger charge is 2.70. The highest BCUT2D eigenvalue weighted by molar-refractivity contribution is 7.88. The highest BCUT2D eigenvalue weighted by atomic mass is 32.2. The van der Waals surface area contributed by atoms with Crippen molar-refractivity contribution in [2.24, 2.45) is 28.1 Å². The first kappa shape index (κ1) is 40.6. The topological polar surface area (TPSA) is 175 Å². The van der Waals surface area contributed by atoms with E-state index in [0.29, 0.717) is 19.6 Å². The van der Waals surface area contributed by atoms with Gasteiger partial charge in [0.15, 0.2) is 0 Å². The summed E-state index contributed by atoms with van der Waals surface area (Å²) < 4.78 is 58.1. The normalized spacial score (nSPS) is 22.6. The van der Waals surface area contributed by atoms with E-state index in [0.717, 1.165) is 6.26 Å². The van der Waals surface area contributed by atoms with Crippen LogP contribution in [0.1, 0.15) is 75.2 Å². The van der Waals surface area contributed by atoms with Crippen molar-refractivity contribution in [1.29, 1.82) is 0 Å². The van der Waals surface area contributed by atoms with Gasteiger partial charge in [0.1, 0.15) is 18.1 Å². The predicted molar refractivity (Wildman–Crippen MR) is 174 cm³/mol. The van der Waals surface area contributed by atoms with Crippen LogP contribution in [0.5, 0.6) is 0 Å². The molecule has 47 heavy (non-hydrogen) atoms. The van der Waals surface area contributed by atoms with E-state index in [-0.39, 0.29) is 36.9 Å². The third-order valence-electron chi connectivity index (χ3n) is 9.06. The number of sulfonamides is 1. The average molecular weight is 695 g/mol. The van der Waals surface area contributed by atoms with Gasteiger partial charge in [-0.3, -0.25) is 14.4 Å². The molecule has 1 aliphatic carbocycles. The molecule has 0 bridgehead atoms. The Balaban J connectivity index is 2.27. The number of alkyl halides is 2. The fraction of sp³-hybridized carbons (Fsp3) is 0.871. The maximum Gasteiger partial charge on any atom is 0.315 e. The number of hydrogen-bond acceptors (Lipinski definition) is 7. The summed E-state index contributed by atoms with van der Waals surface area (Å²) in [5, 5.41) is 10.6. The van der Waals surface area contributed by atoms with E-state index >= 15 is 0 Å². The monoisotopic (exact) mass is 694 g/mol. The number of urea groups is 1. The predicted octanol–water partition coefficient (Wildman–Crippen LogP) is 1.83. The molecule has 0 spiro atoms. The Bertz CT molecular complexity index is 1240. The first-order chi connectivity index (χ1) is 21.4. The molecule has 2 rings (SSSR count). The molecule has 16 heteroatoms. The Labute approximate surface area is 278 Å². The second-order valence-electron chi connectivity index (χ2n) is 15.4. The van der Waals surface area contributed by atoms with Gasteiger partial charge in [0, 0.05) is 45.3 Å². The SMILES string of the molecule is CCOCCCNC(=O)[C@H](CC(F)F)NC(=O)[C@@H]1[C@@H]2[C@H](CN1C(=O)[C@@H](NC(=O)N[C@H](CNS(C)(=O)=O)C(C)(C)C)C(C)(C)C)C2(C)C. The van der Waals surface area contributed by atoms with E-state index < -0.39 is 81.6 Å². The van der Waals surface area contributed by atoms with Crippen LogP contribution in [-0.2, 0) is 29.1 Å². The van der Waals surface area contributed by atoms with Crippen LogP contribution in [0, 0.1) is 28.1 Å². The van der Waals surface area contributed by atoms with Crippen LogP contribution in [0.4, 0.5) is 13.6 Å². The lowest BCUT2D eigenvalue weighted by Crippen LogP contribution is -2.62. The molecule has 13 nitrogen and oxygen atoms in total. The zero-order valence-corrected chi connectivity index (χ0v) is 30.3. The summed E-state index contributed by atoms with van der Waals surface area (Å²) in [6.45, 7) is 17.7. The average Bonchev–Trinajstić information content (AvgIpc) is 3.23. The Morgan fingerprint density at radius 1 is 1.00 bits per heavy atom. The summed E-state index contributed by atoms with van der Waals surface area (Å²) in [6.07, 6.45) is -2.27. The molecule has 0 radical (unpaired) electrons. The maximum atomic E-state index is 14.2. The van der Waals surface area contributed by atoms with Gasteiger partial charge in [0.25, 0.3) is 0 Å². The fourth-order valence-electron chi connectivity index (χ4n) is 6.09. The molecule has 2 aliphatic rings. The smallest absolute Gasteiger partial charge is 0.315 e. The summed E-state index contributed by atoms with van der Waals surface area (Å²) in [5.74, 6) is -2.28. The molecular weight excluding hydrogens is 638 g/mol. The number of likely N-dealkylation sites (tertiary alicyclic amines) is 1. The Morgan fingerprint density at radius 3 is 2.13 bits per heavy atom. The fourth-order valence-corrected chi connectivity index (χ4v) is 6.56. The number of nitrogens with zero attached hydrogens (tertiary/aromatic N) is 1. The summed E-state index contributed by atoms with van der Waals surface area (Å²) in [7, 11) is -3.53. The van der Waals surface area contributed by atoms with Crippen LogP contribution < -0.4 is 26.0 Å². The molecule has 5 N–H and O–H groups in total. The van der Waals surface area contributed by atoms with Gasteiger partial charge in [0.2, 0.25) is 34.2 Å². The van der Waals surface area contributed by atoms with Crippen molar-refractivity contribution in [2.75, 3.05) is 39.1 Å². The van der Waals surface area contributed by atoms with Crippen LogP contribution in [0.3, 0.4) is 0 Å². The molecule has 1 saturated carbocycles. The van der Waals surface area contributed by atoms with Gasteiger partial charge in [-0.05, 0) is 41.4 Å². The summed E-state index contributed by atoms with van der Waals surface area (Å²) >= 11 is 0. The number of halogens is 2. The second kappa shape index (κ2) is 15.7. The number of carbonyl (C=O) groups excluding carboxylic acids is 4. The van der Waals surface area contributed by atoms with E-state index in [1.54, 1.807) is 20.8 Å². The molecule has 6 atom stereocenters. The minimum Gasteiger partial charge on any atom is -0.382 e. The van der Waals surface area contributed by atoms with Gasteiger partial charge < -0.3 is 30.9 Å². The van der Waals surface area contributed by atoms with E-state index in [1.165, 1.54) is 4.90 Å². The van der Waals surface area contributed by atoms with E-state index in [2.05, 4.69) is 26.0 Å². The van der Waals surface area contributed by atoms with Gasteiger partial charge in [-0.1, -0.05) is 55.4 Å². The number of piperidine rings is 1. The molecule has 1 heterocycles. The molecule has 0 aromatic rings. The third-order valence-corrected chi connectivity index (χ3v) is 9.76. The van der Waals surface area contributed by atoms with Crippen LogP contribution in [-0.4, -0.2) is 107 Å². The van der Waals surface area contributed by atoms with E-state index in [9.17, 15) is 36.4 Å². The first-order valence-corrected chi connectivity index (χ1v) is 18.1. The zero-order valence-electron chi connectivity index (χ0n) is 29.5. The number of carbonyl (C=O) groups is 4. The van der Waals surface area contributed by atoms with Crippen molar-refractivity contribution in [3.8, 4) is 0 Å². The van der Waals surface area contributed by atoms with E-state index in [1.807, 2.05) is 41.5 Å². The van der Waals surface area contributed by atoms with Crippen LogP contribution in [0.25, 0.3) is 0 Å². The van der Waals surface area contributed by atoms with Gasteiger partial charge >= 0.3 is 6.03 Å². The van der Waals surface area contributed by atoms with Gasteiger partial charge in [0.05, 0.1) is 6.26 Å². The molecule has 272 valence electrons. The summed E-state index contributed by atoms with van der Waals surface area (Å²) in [4.78, 5) is 55.5. The highest BCUT2D eigenvalue weighted by Crippen LogP contribution is 2.65. The number of nitrogens with one attached hydrogen (secondary N) is 5. The number of ether oxygens (including phenoxy) is 1. The molecule has 2 fully saturated rings. The van der Waals surface area contributed by atoms with Crippen LogP contribution >= 0.6 is 0 Å². The van der Waals surface area contributed by atoms with Crippen molar-refractivity contribution in [2.45, 2.75) is 106 Å². The minimum atomic E-state index is -3.53. The number of rotatable bonds is 16. The lowest BCUT2D eigenvalue weighted by atomic mass is 9.85. The molecule has 0 aromatic carbocycles. The van der Waals surface area contributed by atoms with Crippen molar-refractivity contribution >= 4 is 33.8 Å². The van der Waals surface area contributed by atoms with Crippen molar-refractivity contribution < 1.29 is 41.1 Å². The quantitative estimate of drug-likeness (QED) is 0.153. The Hall–Kier alpha value is -2.59. The van der Waals surface area contributed by atoms with Crippen molar-refractivity contribution in [3.05, 3.63) is 0 Å². The lowest BCUT2D eigenvalue weighted by molar-refractivity contribution is -0.144. The van der Waals surface area contributed by atoms with Gasteiger partial charge in [-0.2, -0.15) is 0 Å². The second-order valence-corrected chi connectivity index (χ2v) is 17.2. The zero-order chi connectivity index (χ0) is 36.1. The number of amides is 5.